The van der Waals surface area contributed by atoms with Crippen LogP contribution in [-0.4, -0.2) is 22.0 Å². The van der Waals surface area contributed by atoms with Gasteiger partial charge in [-0.3, -0.25) is 0 Å². The molecule has 4 nitrogen and oxygen atoms in total. The van der Waals surface area contributed by atoms with Crippen LogP contribution in [0.4, 0.5) is 13.2 Å². The maximum atomic E-state index is 13.4. The van der Waals surface area contributed by atoms with Gasteiger partial charge in [-0.1, -0.05) is 19.1 Å². The fourth-order valence-corrected chi connectivity index (χ4v) is 2.32. The molecular weight excluding hydrogens is 281 g/mol. The number of nitrogens with zero attached hydrogens (tertiary/aromatic N) is 3. The van der Waals surface area contributed by atoms with E-state index in [1.807, 2.05) is 20.9 Å². The Hall–Kier alpha value is -1.89. The van der Waals surface area contributed by atoms with E-state index in [2.05, 4.69) is 15.6 Å². The van der Waals surface area contributed by atoms with Crippen molar-refractivity contribution in [3.05, 3.63) is 41.0 Å². The summed E-state index contributed by atoms with van der Waals surface area (Å²) in [6.07, 6.45) is 1.38. The SMILES string of the molecule is CCc1c(C(CC)NC)nnn1-c1cc(F)c(F)c(F)c1. The predicted octanol–water partition coefficient (Wildman–Crippen LogP) is 2.92. The molecule has 1 heterocycles. The largest absolute Gasteiger partial charge is 0.312 e. The standard InChI is InChI=1S/C14H17F3N4/c1-4-11(18-3)14-12(5-2)21(20-19-14)8-6-9(15)13(17)10(16)7-8/h6-7,11,18H,4-5H2,1-3H3. The number of halogens is 3. The van der Waals surface area contributed by atoms with E-state index in [0.29, 0.717) is 6.42 Å². The van der Waals surface area contributed by atoms with Gasteiger partial charge in [-0.05, 0) is 19.9 Å². The summed E-state index contributed by atoms with van der Waals surface area (Å²) in [5.41, 5.74) is 1.59. The fraction of sp³-hybridized carbons (Fsp3) is 0.429. The molecule has 1 aromatic heterocycles. The quantitative estimate of drug-likeness (QED) is 0.863. The van der Waals surface area contributed by atoms with Crippen LogP contribution in [0.1, 0.15) is 37.7 Å². The normalized spacial score (nSPS) is 12.7. The number of aromatic nitrogens is 3. The Labute approximate surface area is 121 Å². The van der Waals surface area contributed by atoms with Gasteiger partial charge in [0.2, 0.25) is 0 Å². The van der Waals surface area contributed by atoms with Crippen molar-refractivity contribution in [2.75, 3.05) is 7.05 Å². The Kier molecular flexibility index (Phi) is 4.62. The monoisotopic (exact) mass is 298 g/mol. The minimum absolute atomic E-state index is 0.00356. The molecule has 2 aromatic rings. The molecule has 1 aromatic carbocycles. The second-order valence-corrected chi connectivity index (χ2v) is 4.66. The van der Waals surface area contributed by atoms with Crippen molar-refractivity contribution in [1.82, 2.24) is 20.3 Å². The van der Waals surface area contributed by atoms with Crippen molar-refractivity contribution in [3.63, 3.8) is 0 Å². The average Bonchev–Trinajstić information content (AvgIpc) is 2.89. The van der Waals surface area contributed by atoms with Crippen molar-refractivity contribution in [2.24, 2.45) is 0 Å². The van der Waals surface area contributed by atoms with Gasteiger partial charge < -0.3 is 5.32 Å². The molecular formula is C14H17F3N4. The van der Waals surface area contributed by atoms with Gasteiger partial charge in [0.25, 0.3) is 0 Å². The van der Waals surface area contributed by atoms with Gasteiger partial charge in [0.05, 0.1) is 17.4 Å². The van der Waals surface area contributed by atoms with Crippen LogP contribution in [0.15, 0.2) is 12.1 Å². The Morgan fingerprint density at radius 2 is 1.81 bits per heavy atom. The summed E-state index contributed by atoms with van der Waals surface area (Å²) in [7, 11) is 1.81. The number of hydrogen-bond acceptors (Lipinski definition) is 3. The maximum Gasteiger partial charge on any atom is 0.194 e. The molecule has 21 heavy (non-hydrogen) atoms. The molecule has 7 heteroatoms. The molecule has 0 aliphatic heterocycles. The molecule has 0 bridgehead atoms. The molecule has 0 fully saturated rings. The van der Waals surface area contributed by atoms with Gasteiger partial charge in [-0.25, -0.2) is 17.9 Å². The van der Waals surface area contributed by atoms with Crippen LogP contribution in [-0.2, 0) is 6.42 Å². The summed E-state index contributed by atoms with van der Waals surface area (Å²) in [6.45, 7) is 3.90. The first kappa shape index (κ1) is 15.5. The topological polar surface area (TPSA) is 42.7 Å². The second-order valence-electron chi connectivity index (χ2n) is 4.66. The third-order valence-corrected chi connectivity index (χ3v) is 3.43. The van der Waals surface area contributed by atoms with Crippen molar-refractivity contribution in [3.8, 4) is 5.69 Å². The molecule has 0 saturated carbocycles. The smallest absolute Gasteiger partial charge is 0.194 e. The van der Waals surface area contributed by atoms with Crippen LogP contribution < -0.4 is 5.32 Å². The highest BCUT2D eigenvalue weighted by Crippen LogP contribution is 2.23. The van der Waals surface area contributed by atoms with Crippen LogP contribution in [0.3, 0.4) is 0 Å². The zero-order valence-corrected chi connectivity index (χ0v) is 12.1. The summed E-state index contributed by atoms with van der Waals surface area (Å²) >= 11 is 0. The number of benzene rings is 1. The van der Waals surface area contributed by atoms with Gasteiger partial charge in [-0.15, -0.1) is 5.10 Å². The molecule has 0 spiro atoms. The van der Waals surface area contributed by atoms with Crippen LogP contribution in [0, 0.1) is 17.5 Å². The van der Waals surface area contributed by atoms with E-state index < -0.39 is 17.5 Å². The zero-order valence-electron chi connectivity index (χ0n) is 12.1. The number of nitrogens with one attached hydrogen (secondary N) is 1. The van der Waals surface area contributed by atoms with Gasteiger partial charge in [0, 0.05) is 12.1 Å². The minimum Gasteiger partial charge on any atom is -0.312 e. The zero-order chi connectivity index (χ0) is 15.6. The minimum atomic E-state index is -1.49. The lowest BCUT2D eigenvalue weighted by Gasteiger charge is -2.13. The first-order chi connectivity index (χ1) is 10.0. The Morgan fingerprint density at radius 1 is 1.19 bits per heavy atom. The predicted molar refractivity (Wildman–Crippen MR) is 72.7 cm³/mol. The molecule has 1 unspecified atom stereocenters. The number of rotatable bonds is 5. The van der Waals surface area contributed by atoms with Gasteiger partial charge in [0.15, 0.2) is 17.5 Å². The lowest BCUT2D eigenvalue weighted by atomic mass is 10.1. The van der Waals surface area contributed by atoms with E-state index in [0.717, 1.165) is 29.9 Å². The molecule has 0 saturated heterocycles. The van der Waals surface area contributed by atoms with E-state index in [4.69, 9.17) is 0 Å². The summed E-state index contributed by atoms with van der Waals surface area (Å²) in [5, 5.41) is 11.2. The molecule has 114 valence electrons. The second kappa shape index (κ2) is 6.26. The number of hydrogen-bond donors (Lipinski definition) is 1. The average molecular weight is 298 g/mol. The van der Waals surface area contributed by atoms with Crippen LogP contribution in [0.25, 0.3) is 5.69 Å². The molecule has 0 radical (unpaired) electrons. The Balaban J connectivity index is 2.55. The first-order valence-corrected chi connectivity index (χ1v) is 6.80. The van der Waals surface area contributed by atoms with Crippen LogP contribution >= 0.6 is 0 Å². The summed E-state index contributed by atoms with van der Waals surface area (Å²) in [4.78, 5) is 0. The fourth-order valence-electron chi connectivity index (χ4n) is 2.32. The molecule has 0 aliphatic rings. The van der Waals surface area contributed by atoms with Crippen LogP contribution in [0.2, 0.25) is 0 Å². The lowest BCUT2D eigenvalue weighted by molar-refractivity contribution is 0.445. The highest BCUT2D eigenvalue weighted by molar-refractivity contribution is 5.35. The summed E-state index contributed by atoms with van der Waals surface area (Å²) in [6, 6.07) is 1.83. The third kappa shape index (κ3) is 2.78. The van der Waals surface area contributed by atoms with Crippen molar-refractivity contribution < 1.29 is 13.2 Å². The molecule has 0 amide bonds. The molecule has 1 N–H and O–H groups in total. The first-order valence-electron chi connectivity index (χ1n) is 6.80. The van der Waals surface area contributed by atoms with E-state index in [9.17, 15) is 13.2 Å². The summed E-state index contributed by atoms with van der Waals surface area (Å²) < 4.78 is 41.1. The highest BCUT2D eigenvalue weighted by atomic mass is 19.2. The maximum absolute atomic E-state index is 13.4. The lowest BCUT2D eigenvalue weighted by Crippen LogP contribution is -2.17. The van der Waals surface area contributed by atoms with Gasteiger partial charge >= 0.3 is 0 Å². The Morgan fingerprint density at radius 3 is 2.29 bits per heavy atom. The van der Waals surface area contributed by atoms with Gasteiger partial charge in [-0.2, -0.15) is 0 Å². The molecule has 2 rings (SSSR count). The third-order valence-electron chi connectivity index (χ3n) is 3.43. The van der Waals surface area contributed by atoms with Crippen molar-refractivity contribution in [2.45, 2.75) is 32.7 Å². The van der Waals surface area contributed by atoms with E-state index in [1.54, 1.807) is 0 Å². The van der Waals surface area contributed by atoms with Gasteiger partial charge in [0.1, 0.15) is 5.69 Å². The van der Waals surface area contributed by atoms with Crippen molar-refractivity contribution >= 4 is 0 Å². The highest BCUT2D eigenvalue weighted by Gasteiger charge is 2.20. The van der Waals surface area contributed by atoms with Crippen molar-refractivity contribution in [1.29, 1.82) is 0 Å². The van der Waals surface area contributed by atoms with E-state index >= 15 is 0 Å². The summed E-state index contributed by atoms with van der Waals surface area (Å²) in [5.74, 6) is -3.98. The molecule has 0 aliphatic carbocycles. The Bertz CT molecular complexity index is 612. The molecule has 1 atom stereocenters. The van der Waals surface area contributed by atoms with E-state index in [1.165, 1.54) is 4.68 Å². The van der Waals surface area contributed by atoms with E-state index in [-0.39, 0.29) is 11.7 Å². The van der Waals surface area contributed by atoms with Crippen LogP contribution in [0.5, 0.6) is 0 Å².